The molecule has 4 aromatic rings. The van der Waals surface area contributed by atoms with Crippen molar-refractivity contribution in [3.8, 4) is 11.5 Å². The van der Waals surface area contributed by atoms with Gasteiger partial charge in [-0.1, -0.05) is 91.7 Å². The van der Waals surface area contributed by atoms with E-state index in [0.717, 1.165) is 54.3 Å². The number of hydrogen-bond donors (Lipinski definition) is 0. The van der Waals surface area contributed by atoms with E-state index in [1.54, 1.807) is 14.2 Å². The minimum atomic E-state index is 0.837. The highest BCUT2D eigenvalue weighted by molar-refractivity contribution is 7.51. The molecule has 0 bridgehead atoms. The van der Waals surface area contributed by atoms with Crippen LogP contribution in [-0.2, 0) is 25.7 Å². The van der Waals surface area contributed by atoms with Crippen LogP contribution in [-0.4, -0.2) is 26.5 Å². The molecule has 0 saturated carbocycles. The molecular weight excluding hydrogens is 502 g/mol. The van der Waals surface area contributed by atoms with E-state index in [1.807, 2.05) is 0 Å². The van der Waals surface area contributed by atoms with E-state index in [4.69, 9.17) is 9.47 Å². The van der Waals surface area contributed by atoms with Gasteiger partial charge in [0.1, 0.15) is 11.5 Å². The summed E-state index contributed by atoms with van der Waals surface area (Å²) in [6.07, 6.45) is 6.57. The molecule has 0 aliphatic carbocycles. The van der Waals surface area contributed by atoms with Gasteiger partial charge in [0.25, 0.3) is 0 Å². The zero-order valence-electron chi connectivity index (χ0n) is 23.1. The molecule has 4 aromatic carbocycles. The number of ether oxygens (including phenoxy) is 2. The minimum absolute atomic E-state index is 0.837. The maximum Gasteiger partial charge on any atom is 0.118 e. The monoisotopic (exact) mass is 542 g/mol. The Morgan fingerprint density at radius 1 is 0.500 bits per heavy atom. The second-order valence-electron chi connectivity index (χ2n) is 9.59. The van der Waals surface area contributed by atoms with E-state index in [0.29, 0.717) is 0 Å². The lowest BCUT2D eigenvalue weighted by atomic mass is 10.0. The van der Waals surface area contributed by atoms with Crippen LogP contribution >= 0.6 is 17.2 Å². The molecule has 0 saturated heterocycles. The smallest absolute Gasteiger partial charge is 0.118 e. The first-order valence-electron chi connectivity index (χ1n) is 13.6. The molecule has 198 valence electrons. The van der Waals surface area contributed by atoms with Crippen molar-refractivity contribution in [1.29, 1.82) is 0 Å². The van der Waals surface area contributed by atoms with Crippen molar-refractivity contribution in [2.75, 3.05) is 26.5 Å². The fourth-order valence-electron chi connectivity index (χ4n) is 4.69. The molecule has 2 nitrogen and oxygen atoms in total. The van der Waals surface area contributed by atoms with Crippen LogP contribution in [0.1, 0.15) is 47.2 Å². The fourth-order valence-corrected chi connectivity index (χ4v) is 7.41. The molecule has 0 heterocycles. The SMILES string of the molecule is CCc1ccc(PCCPc2ccc(CC)cc2Cc2ccc(OC)cc2)c(Cc2ccc(OC)cc2)c1. The Hall–Kier alpha value is -2.66. The summed E-state index contributed by atoms with van der Waals surface area (Å²) in [7, 11) is 5.12. The molecule has 0 fully saturated rings. The van der Waals surface area contributed by atoms with E-state index in [9.17, 15) is 0 Å². The van der Waals surface area contributed by atoms with Gasteiger partial charge in [-0.05, 0) is 106 Å². The predicted molar refractivity (Wildman–Crippen MR) is 169 cm³/mol. The third-order valence-electron chi connectivity index (χ3n) is 7.02. The maximum atomic E-state index is 5.34. The predicted octanol–water partition coefficient (Wildman–Crippen LogP) is 7.32. The van der Waals surface area contributed by atoms with Gasteiger partial charge in [-0.15, -0.1) is 0 Å². The van der Waals surface area contributed by atoms with E-state index < -0.39 is 0 Å². The van der Waals surface area contributed by atoms with Gasteiger partial charge >= 0.3 is 0 Å². The largest absolute Gasteiger partial charge is 0.497 e. The van der Waals surface area contributed by atoms with Crippen molar-refractivity contribution in [2.45, 2.75) is 39.5 Å². The molecule has 0 radical (unpaired) electrons. The molecule has 0 amide bonds. The van der Waals surface area contributed by atoms with Gasteiger partial charge < -0.3 is 9.47 Å². The standard InChI is InChI=1S/C34H40O2P2/c1-5-25-11-17-33(29(21-25)23-27-7-13-31(35-3)14-8-27)37-19-20-38-34-18-12-26(6-2)22-30(34)24-28-9-15-32(36-4)16-10-28/h7-18,21-22,37-38H,5-6,19-20,23-24H2,1-4H3. The molecule has 2 atom stereocenters. The summed E-state index contributed by atoms with van der Waals surface area (Å²) >= 11 is 0. The molecule has 38 heavy (non-hydrogen) atoms. The van der Waals surface area contributed by atoms with E-state index >= 15 is 0 Å². The molecule has 2 unspecified atom stereocenters. The van der Waals surface area contributed by atoms with Gasteiger partial charge in [-0.3, -0.25) is 0 Å². The molecule has 0 spiro atoms. The molecule has 4 rings (SSSR count). The maximum absolute atomic E-state index is 5.34. The van der Waals surface area contributed by atoms with Gasteiger partial charge in [0.2, 0.25) is 0 Å². The average molecular weight is 543 g/mol. The Labute approximate surface area is 232 Å². The summed E-state index contributed by atoms with van der Waals surface area (Å²) in [5.74, 6) is 1.83. The normalized spacial score (nSPS) is 11.6. The van der Waals surface area contributed by atoms with E-state index in [2.05, 4.69) is 98.8 Å². The third-order valence-corrected chi connectivity index (χ3v) is 10.3. The average Bonchev–Trinajstić information content (AvgIpc) is 2.97. The van der Waals surface area contributed by atoms with Gasteiger partial charge in [-0.2, -0.15) is 0 Å². The Morgan fingerprint density at radius 2 is 0.868 bits per heavy atom. The Balaban J connectivity index is 1.41. The van der Waals surface area contributed by atoms with Gasteiger partial charge in [0.05, 0.1) is 14.2 Å². The fraction of sp³-hybridized carbons (Fsp3) is 0.294. The summed E-state index contributed by atoms with van der Waals surface area (Å²) in [5, 5.41) is 3.03. The van der Waals surface area contributed by atoms with Gasteiger partial charge in [0, 0.05) is 0 Å². The summed E-state index contributed by atoms with van der Waals surface area (Å²) < 4.78 is 10.7. The number of hydrogen-bond acceptors (Lipinski definition) is 2. The summed E-state index contributed by atoms with van der Waals surface area (Å²) in [4.78, 5) is 0. The lowest BCUT2D eigenvalue weighted by Crippen LogP contribution is -2.09. The summed E-state index contributed by atoms with van der Waals surface area (Å²) in [6, 6.07) is 31.3. The molecule has 0 aliphatic rings. The first-order chi connectivity index (χ1) is 18.6. The van der Waals surface area contributed by atoms with Crippen molar-refractivity contribution < 1.29 is 9.47 Å². The van der Waals surface area contributed by atoms with Crippen molar-refractivity contribution in [1.82, 2.24) is 0 Å². The van der Waals surface area contributed by atoms with Gasteiger partial charge in [-0.25, -0.2) is 0 Å². The molecular formula is C34H40O2P2. The Morgan fingerprint density at radius 3 is 1.21 bits per heavy atom. The number of aryl methyl sites for hydroxylation is 2. The van der Waals surface area contributed by atoms with E-state index in [-0.39, 0.29) is 0 Å². The third kappa shape index (κ3) is 7.92. The zero-order valence-corrected chi connectivity index (χ0v) is 25.1. The van der Waals surface area contributed by atoms with Crippen LogP contribution in [0.5, 0.6) is 11.5 Å². The lowest BCUT2D eigenvalue weighted by molar-refractivity contribution is 0.414. The van der Waals surface area contributed by atoms with Crippen LogP contribution in [0.3, 0.4) is 0 Å². The van der Waals surface area contributed by atoms with Crippen LogP contribution in [0.25, 0.3) is 0 Å². The number of methoxy groups -OCH3 is 2. The second-order valence-corrected chi connectivity index (χ2v) is 12.4. The zero-order chi connectivity index (χ0) is 26.7. The first-order valence-corrected chi connectivity index (χ1v) is 16.0. The summed E-state index contributed by atoms with van der Waals surface area (Å²) in [5.41, 5.74) is 8.47. The Bertz CT molecular complexity index is 1190. The van der Waals surface area contributed by atoms with Crippen LogP contribution < -0.4 is 20.1 Å². The van der Waals surface area contributed by atoms with Crippen molar-refractivity contribution in [3.63, 3.8) is 0 Å². The Kier molecular flexibility index (Phi) is 10.8. The minimum Gasteiger partial charge on any atom is -0.497 e. The summed E-state index contributed by atoms with van der Waals surface area (Å²) in [6.45, 7) is 4.48. The van der Waals surface area contributed by atoms with Crippen LogP contribution in [0.15, 0.2) is 84.9 Å². The molecule has 0 aliphatic heterocycles. The van der Waals surface area contributed by atoms with Crippen molar-refractivity contribution in [3.05, 3.63) is 118 Å². The van der Waals surface area contributed by atoms with E-state index in [1.165, 1.54) is 56.3 Å². The number of rotatable bonds is 13. The van der Waals surface area contributed by atoms with Crippen LogP contribution in [0.2, 0.25) is 0 Å². The molecule has 0 N–H and O–H groups in total. The highest BCUT2D eigenvalue weighted by atomic mass is 31.1. The quantitative estimate of drug-likeness (QED) is 0.130. The lowest BCUT2D eigenvalue weighted by Gasteiger charge is -2.14. The van der Waals surface area contributed by atoms with Crippen molar-refractivity contribution >= 4 is 27.8 Å². The van der Waals surface area contributed by atoms with Crippen LogP contribution in [0.4, 0.5) is 0 Å². The topological polar surface area (TPSA) is 18.5 Å². The molecule has 0 aromatic heterocycles. The highest BCUT2D eigenvalue weighted by Gasteiger charge is 2.09. The second kappa shape index (κ2) is 14.5. The first kappa shape index (κ1) is 28.4. The number of benzene rings is 4. The van der Waals surface area contributed by atoms with Crippen molar-refractivity contribution in [2.24, 2.45) is 0 Å². The van der Waals surface area contributed by atoms with Crippen LogP contribution in [0, 0.1) is 0 Å². The van der Waals surface area contributed by atoms with Gasteiger partial charge in [0.15, 0.2) is 0 Å². The molecule has 4 heteroatoms. The highest BCUT2D eigenvalue weighted by Crippen LogP contribution is 2.25.